The zero-order valence-corrected chi connectivity index (χ0v) is 17.1. The highest BCUT2D eigenvalue weighted by atomic mass is 79.9. The number of carboxylic acid groups (broad SMARTS) is 1. The predicted molar refractivity (Wildman–Crippen MR) is 109 cm³/mol. The fraction of sp³-hybridized carbons (Fsp3) is 0.333. The van der Waals surface area contributed by atoms with Crippen molar-refractivity contribution in [2.24, 2.45) is 4.99 Å². The van der Waals surface area contributed by atoms with Crippen LogP contribution in [0.4, 0.5) is 0 Å². The van der Waals surface area contributed by atoms with Crippen LogP contribution in [0.1, 0.15) is 24.5 Å². The van der Waals surface area contributed by atoms with Gasteiger partial charge in [-0.15, -0.1) is 0 Å². The minimum atomic E-state index is -1.39. The Hall–Kier alpha value is -2.38. The summed E-state index contributed by atoms with van der Waals surface area (Å²) in [5.74, 6) is -0.0415. The number of aliphatic carboxylic acids is 1. The number of carbonyl (C=O) groups is 1. The molecule has 2 atom stereocenters. The molecule has 1 aliphatic heterocycles. The summed E-state index contributed by atoms with van der Waals surface area (Å²) < 4.78 is 12.2. The first-order valence-corrected chi connectivity index (χ1v) is 9.83. The number of aliphatic hydroxyl groups is 1. The van der Waals surface area contributed by atoms with E-state index in [2.05, 4.69) is 20.9 Å². The van der Waals surface area contributed by atoms with E-state index in [-0.39, 0.29) is 13.0 Å². The molecule has 0 aromatic heterocycles. The van der Waals surface area contributed by atoms with Crippen LogP contribution < -0.4 is 4.74 Å². The van der Waals surface area contributed by atoms with Crippen molar-refractivity contribution in [3.8, 4) is 5.75 Å². The minimum absolute atomic E-state index is 0.0788. The van der Waals surface area contributed by atoms with Crippen LogP contribution in [0.15, 0.2) is 58.0 Å². The second kappa shape index (κ2) is 8.75. The lowest BCUT2D eigenvalue weighted by atomic mass is 9.87. The summed E-state index contributed by atoms with van der Waals surface area (Å²) in [6.45, 7) is 2.24. The first-order chi connectivity index (χ1) is 13.5. The third-order valence-corrected chi connectivity index (χ3v) is 5.50. The van der Waals surface area contributed by atoms with E-state index in [1.165, 1.54) is 0 Å². The van der Waals surface area contributed by atoms with Crippen LogP contribution in [-0.2, 0) is 16.0 Å². The van der Waals surface area contributed by atoms with E-state index in [4.69, 9.17) is 14.6 Å². The van der Waals surface area contributed by atoms with E-state index in [9.17, 15) is 9.90 Å². The Bertz CT molecular complexity index is 867. The zero-order chi connectivity index (χ0) is 20.1. The van der Waals surface area contributed by atoms with Gasteiger partial charge in [0, 0.05) is 29.5 Å². The summed E-state index contributed by atoms with van der Waals surface area (Å²) in [6.07, 6.45) is 0.162. The lowest BCUT2D eigenvalue weighted by molar-refractivity contribution is -0.145. The molecule has 0 saturated carbocycles. The van der Waals surface area contributed by atoms with E-state index in [1.807, 2.05) is 24.3 Å². The van der Waals surface area contributed by atoms with Gasteiger partial charge in [-0.1, -0.05) is 34.1 Å². The molecule has 148 valence electrons. The van der Waals surface area contributed by atoms with Gasteiger partial charge in [0.05, 0.1) is 6.61 Å². The van der Waals surface area contributed by atoms with E-state index in [0.717, 1.165) is 10.0 Å². The van der Waals surface area contributed by atoms with E-state index in [0.29, 0.717) is 30.2 Å². The van der Waals surface area contributed by atoms with Crippen LogP contribution in [0.3, 0.4) is 0 Å². The van der Waals surface area contributed by atoms with Crippen molar-refractivity contribution in [2.45, 2.75) is 31.4 Å². The van der Waals surface area contributed by atoms with Gasteiger partial charge >= 0.3 is 5.97 Å². The van der Waals surface area contributed by atoms with Crippen molar-refractivity contribution in [1.29, 1.82) is 0 Å². The Morgan fingerprint density at radius 1 is 1.25 bits per heavy atom. The summed E-state index contributed by atoms with van der Waals surface area (Å²) in [5.41, 5.74) is 0.157. The van der Waals surface area contributed by atoms with Gasteiger partial charge in [-0.25, -0.2) is 9.79 Å². The molecule has 0 radical (unpaired) electrons. The minimum Gasteiger partial charge on any atom is -0.494 e. The van der Waals surface area contributed by atoms with Crippen LogP contribution in [0, 0.1) is 0 Å². The van der Waals surface area contributed by atoms with Gasteiger partial charge in [0.1, 0.15) is 11.9 Å². The first kappa shape index (κ1) is 20.4. The lowest BCUT2D eigenvalue weighted by Gasteiger charge is -2.25. The Morgan fingerprint density at radius 3 is 2.61 bits per heavy atom. The Kier molecular flexibility index (Phi) is 6.36. The standard InChI is InChI=1S/C21H22BrNO5/c1-14-21(20(25)26,13-16-5-2-3-6-18(16)22)23-19(28-14)15-7-9-17(10-8-15)27-12-4-11-24/h2-3,5-10,14,24H,4,11-13H2,1H3,(H,25,26)/t14-,21-/m1/s1. The average Bonchev–Trinajstić information content (AvgIpc) is 3.02. The van der Waals surface area contributed by atoms with Gasteiger partial charge in [-0.05, 0) is 42.8 Å². The molecule has 3 rings (SSSR count). The molecular formula is C21H22BrNO5. The fourth-order valence-corrected chi connectivity index (χ4v) is 3.48. The van der Waals surface area contributed by atoms with Crippen molar-refractivity contribution in [1.82, 2.24) is 0 Å². The Morgan fingerprint density at radius 2 is 1.96 bits per heavy atom. The summed E-state index contributed by atoms with van der Waals surface area (Å²) in [7, 11) is 0. The number of hydrogen-bond acceptors (Lipinski definition) is 5. The summed E-state index contributed by atoms with van der Waals surface area (Å²) in [4.78, 5) is 16.7. The number of aliphatic hydroxyl groups excluding tert-OH is 1. The average molecular weight is 448 g/mol. The molecule has 2 aromatic carbocycles. The molecule has 2 N–H and O–H groups in total. The topological polar surface area (TPSA) is 88.4 Å². The van der Waals surface area contributed by atoms with Gasteiger partial charge < -0.3 is 19.7 Å². The number of benzene rings is 2. The van der Waals surface area contributed by atoms with Crippen LogP contribution in [0.5, 0.6) is 5.75 Å². The van der Waals surface area contributed by atoms with Crippen molar-refractivity contribution in [2.75, 3.05) is 13.2 Å². The molecule has 1 aliphatic rings. The number of ether oxygens (including phenoxy) is 2. The quantitative estimate of drug-likeness (QED) is 0.605. The Balaban J connectivity index is 1.85. The maximum Gasteiger partial charge on any atom is 0.335 e. The van der Waals surface area contributed by atoms with Gasteiger partial charge in [0.15, 0.2) is 0 Å². The molecule has 28 heavy (non-hydrogen) atoms. The number of aliphatic imine (C=N–C) groups is 1. The van der Waals surface area contributed by atoms with Crippen LogP contribution in [-0.4, -0.2) is 46.9 Å². The molecule has 2 aromatic rings. The first-order valence-electron chi connectivity index (χ1n) is 9.03. The predicted octanol–water partition coefficient (Wildman–Crippen LogP) is 3.44. The lowest BCUT2D eigenvalue weighted by Crippen LogP contribution is -2.46. The van der Waals surface area contributed by atoms with Gasteiger partial charge in [-0.2, -0.15) is 0 Å². The molecule has 6 nitrogen and oxygen atoms in total. The second-order valence-corrected chi connectivity index (χ2v) is 7.48. The maximum atomic E-state index is 12.2. The van der Waals surface area contributed by atoms with Crippen molar-refractivity contribution < 1.29 is 24.5 Å². The van der Waals surface area contributed by atoms with Crippen molar-refractivity contribution >= 4 is 27.8 Å². The molecule has 0 spiro atoms. The third kappa shape index (κ3) is 4.20. The summed E-state index contributed by atoms with van der Waals surface area (Å²) >= 11 is 3.48. The molecule has 0 saturated heterocycles. The largest absolute Gasteiger partial charge is 0.494 e. The molecule has 0 fully saturated rings. The summed E-state index contributed by atoms with van der Waals surface area (Å²) in [6, 6.07) is 14.6. The maximum absolute atomic E-state index is 12.2. The number of halogens is 1. The highest BCUT2D eigenvalue weighted by molar-refractivity contribution is 9.10. The number of nitrogens with zero attached hydrogens (tertiary/aromatic N) is 1. The van der Waals surface area contributed by atoms with E-state index < -0.39 is 17.6 Å². The number of hydrogen-bond donors (Lipinski definition) is 2. The van der Waals surface area contributed by atoms with E-state index in [1.54, 1.807) is 31.2 Å². The van der Waals surface area contributed by atoms with Gasteiger partial charge in [0.25, 0.3) is 0 Å². The third-order valence-electron chi connectivity index (χ3n) is 4.72. The number of carboxylic acids is 1. The monoisotopic (exact) mass is 447 g/mol. The van der Waals surface area contributed by atoms with E-state index >= 15 is 0 Å². The highest BCUT2D eigenvalue weighted by Gasteiger charge is 2.50. The molecule has 0 aliphatic carbocycles. The molecular weight excluding hydrogens is 426 g/mol. The number of rotatable bonds is 8. The van der Waals surface area contributed by atoms with Crippen LogP contribution in [0.25, 0.3) is 0 Å². The molecule has 1 heterocycles. The smallest absolute Gasteiger partial charge is 0.335 e. The van der Waals surface area contributed by atoms with Crippen molar-refractivity contribution in [3.63, 3.8) is 0 Å². The molecule has 7 heteroatoms. The Labute approximate surface area is 172 Å². The van der Waals surface area contributed by atoms with Crippen molar-refractivity contribution in [3.05, 3.63) is 64.1 Å². The normalized spacial score (nSPS) is 21.1. The van der Waals surface area contributed by atoms with Gasteiger partial charge in [0.2, 0.25) is 11.4 Å². The highest BCUT2D eigenvalue weighted by Crippen LogP contribution is 2.34. The fourth-order valence-electron chi connectivity index (χ4n) is 3.06. The zero-order valence-electron chi connectivity index (χ0n) is 15.5. The van der Waals surface area contributed by atoms with Crippen LogP contribution >= 0.6 is 15.9 Å². The second-order valence-electron chi connectivity index (χ2n) is 6.62. The van der Waals surface area contributed by atoms with Gasteiger partial charge in [-0.3, -0.25) is 0 Å². The molecule has 0 unspecified atom stereocenters. The molecule has 0 amide bonds. The molecule has 0 bridgehead atoms. The SMILES string of the molecule is C[C@H]1OC(c2ccc(OCCCO)cc2)=N[C@@]1(Cc1ccccc1Br)C(=O)O. The summed E-state index contributed by atoms with van der Waals surface area (Å²) in [5, 5.41) is 18.8. The van der Waals surface area contributed by atoms with Crippen LogP contribution in [0.2, 0.25) is 0 Å².